The molecule has 26 heavy (non-hydrogen) atoms. The quantitative estimate of drug-likeness (QED) is 0.696. The number of aromatic nitrogens is 2. The van der Waals surface area contributed by atoms with E-state index < -0.39 is 28.5 Å². The van der Waals surface area contributed by atoms with E-state index in [1.54, 1.807) is 16.9 Å². The van der Waals surface area contributed by atoms with Gasteiger partial charge in [-0.2, -0.15) is 5.10 Å². The molecule has 0 aliphatic carbocycles. The van der Waals surface area contributed by atoms with Crippen molar-refractivity contribution in [3.8, 4) is 0 Å². The van der Waals surface area contributed by atoms with Crippen LogP contribution in [0.1, 0.15) is 30.2 Å². The number of hydrogen-bond donors (Lipinski definition) is 2. The summed E-state index contributed by atoms with van der Waals surface area (Å²) in [5, 5.41) is 6.69. The van der Waals surface area contributed by atoms with Crippen LogP contribution in [0.3, 0.4) is 0 Å². The lowest BCUT2D eigenvalue weighted by Crippen LogP contribution is -2.23. The topological polar surface area (TPSA) is 119 Å². The van der Waals surface area contributed by atoms with Crippen LogP contribution in [0, 0.1) is 0 Å². The van der Waals surface area contributed by atoms with Crippen molar-refractivity contribution in [1.82, 2.24) is 14.5 Å². The number of benzene rings is 1. The molecule has 2 aromatic rings. The maximum Gasteiger partial charge on any atom is 0.338 e. The molecule has 0 saturated carbocycles. The predicted molar refractivity (Wildman–Crippen MR) is 94.2 cm³/mol. The maximum absolute atomic E-state index is 12.1. The average Bonchev–Trinajstić information content (AvgIpc) is 3.08. The molecule has 0 aliphatic heterocycles. The van der Waals surface area contributed by atoms with Gasteiger partial charge in [-0.3, -0.25) is 4.79 Å². The van der Waals surface area contributed by atoms with E-state index in [0.29, 0.717) is 5.82 Å². The SMILES string of the molecule is CNS(=O)(=O)c1cccc(C(=O)OCC(=O)Nc2ccnn2C(C)C)c1. The van der Waals surface area contributed by atoms with Crippen molar-refractivity contribution in [2.45, 2.75) is 24.8 Å². The van der Waals surface area contributed by atoms with Crippen LogP contribution in [0.25, 0.3) is 0 Å². The van der Waals surface area contributed by atoms with Crippen molar-refractivity contribution in [3.63, 3.8) is 0 Å². The van der Waals surface area contributed by atoms with Gasteiger partial charge in [-0.15, -0.1) is 0 Å². The van der Waals surface area contributed by atoms with E-state index in [1.165, 1.54) is 31.3 Å². The molecule has 0 radical (unpaired) electrons. The number of sulfonamides is 1. The van der Waals surface area contributed by atoms with Gasteiger partial charge < -0.3 is 10.1 Å². The van der Waals surface area contributed by atoms with Crippen LogP contribution in [0.2, 0.25) is 0 Å². The van der Waals surface area contributed by atoms with Crippen molar-refractivity contribution in [3.05, 3.63) is 42.1 Å². The predicted octanol–water partition coefficient (Wildman–Crippen LogP) is 1.17. The molecule has 0 fully saturated rings. The van der Waals surface area contributed by atoms with E-state index in [9.17, 15) is 18.0 Å². The van der Waals surface area contributed by atoms with Gasteiger partial charge in [0.25, 0.3) is 5.91 Å². The summed E-state index contributed by atoms with van der Waals surface area (Å²) in [6.07, 6.45) is 1.55. The first-order chi connectivity index (χ1) is 12.2. The van der Waals surface area contributed by atoms with Crippen LogP contribution in [-0.4, -0.2) is 43.7 Å². The van der Waals surface area contributed by atoms with E-state index in [1.807, 2.05) is 13.8 Å². The molecule has 0 unspecified atom stereocenters. The monoisotopic (exact) mass is 380 g/mol. The van der Waals surface area contributed by atoms with Crippen LogP contribution in [-0.2, 0) is 19.6 Å². The molecule has 2 N–H and O–H groups in total. The number of ether oxygens (including phenoxy) is 1. The first-order valence-corrected chi connectivity index (χ1v) is 9.27. The maximum atomic E-state index is 12.1. The fourth-order valence-electron chi connectivity index (χ4n) is 2.13. The summed E-state index contributed by atoms with van der Waals surface area (Å²) < 4.78 is 32.3. The molecule has 10 heteroatoms. The van der Waals surface area contributed by atoms with Crippen molar-refractivity contribution >= 4 is 27.7 Å². The highest BCUT2D eigenvalue weighted by Crippen LogP contribution is 2.14. The Bertz CT molecular complexity index is 905. The summed E-state index contributed by atoms with van der Waals surface area (Å²) in [5.41, 5.74) is 0.0290. The van der Waals surface area contributed by atoms with Crippen molar-refractivity contribution < 1.29 is 22.7 Å². The van der Waals surface area contributed by atoms with Crippen molar-refractivity contribution in [1.29, 1.82) is 0 Å². The standard InChI is InChI=1S/C16H20N4O5S/c1-11(2)20-14(7-8-18-20)19-15(21)10-25-16(22)12-5-4-6-13(9-12)26(23,24)17-3/h4-9,11,17H,10H2,1-3H3,(H,19,21). The van der Waals surface area contributed by atoms with Crippen molar-refractivity contribution in [2.24, 2.45) is 0 Å². The molecular formula is C16H20N4O5S. The lowest BCUT2D eigenvalue weighted by atomic mass is 10.2. The molecule has 0 saturated heterocycles. The fourth-order valence-corrected chi connectivity index (χ4v) is 2.90. The zero-order valence-corrected chi connectivity index (χ0v) is 15.4. The smallest absolute Gasteiger partial charge is 0.338 e. The van der Waals surface area contributed by atoms with Crippen LogP contribution >= 0.6 is 0 Å². The Morgan fingerprint density at radius 2 is 2.00 bits per heavy atom. The highest BCUT2D eigenvalue weighted by atomic mass is 32.2. The number of nitrogens with zero attached hydrogens (tertiary/aromatic N) is 2. The van der Waals surface area contributed by atoms with Crippen LogP contribution in [0.5, 0.6) is 0 Å². The summed E-state index contributed by atoms with van der Waals surface area (Å²) in [5.74, 6) is -0.839. The fraction of sp³-hybridized carbons (Fsp3) is 0.312. The molecule has 0 bridgehead atoms. The molecule has 2 rings (SSSR count). The molecular weight excluding hydrogens is 360 g/mol. The summed E-state index contributed by atoms with van der Waals surface area (Å²) in [6, 6.07) is 7.04. The third-order valence-corrected chi connectivity index (χ3v) is 4.82. The van der Waals surface area contributed by atoms with Gasteiger partial charge in [0.1, 0.15) is 5.82 Å². The molecule has 1 aromatic carbocycles. The average molecular weight is 380 g/mol. The molecule has 0 atom stereocenters. The summed E-state index contributed by atoms with van der Waals surface area (Å²) >= 11 is 0. The van der Waals surface area contributed by atoms with E-state index in [2.05, 4.69) is 15.1 Å². The third-order valence-electron chi connectivity index (χ3n) is 3.41. The first kappa shape index (κ1) is 19.6. The number of amides is 1. The van der Waals surface area contributed by atoms with Gasteiger partial charge in [0.05, 0.1) is 16.7 Å². The minimum Gasteiger partial charge on any atom is -0.452 e. The van der Waals surface area contributed by atoms with Crippen LogP contribution in [0.15, 0.2) is 41.4 Å². The zero-order valence-electron chi connectivity index (χ0n) is 14.6. The Hall–Kier alpha value is -2.72. The Kier molecular flexibility index (Phi) is 6.11. The lowest BCUT2D eigenvalue weighted by molar-refractivity contribution is -0.119. The number of rotatable bonds is 7. The Balaban J connectivity index is 1.99. The van der Waals surface area contributed by atoms with E-state index in [0.717, 1.165) is 0 Å². The number of carbonyl (C=O) groups is 2. The van der Waals surface area contributed by atoms with Gasteiger partial charge in [-0.05, 0) is 39.1 Å². The van der Waals surface area contributed by atoms with Gasteiger partial charge in [0, 0.05) is 12.1 Å². The third kappa shape index (κ3) is 4.67. The summed E-state index contributed by atoms with van der Waals surface area (Å²) in [4.78, 5) is 23.9. The second kappa shape index (κ2) is 8.11. The summed E-state index contributed by atoms with van der Waals surface area (Å²) in [7, 11) is -2.41. The largest absolute Gasteiger partial charge is 0.452 e. The zero-order chi connectivity index (χ0) is 19.3. The number of anilines is 1. The highest BCUT2D eigenvalue weighted by Gasteiger charge is 2.16. The number of hydrogen-bond acceptors (Lipinski definition) is 6. The molecule has 1 aromatic heterocycles. The van der Waals surface area contributed by atoms with Gasteiger partial charge in [0.2, 0.25) is 10.0 Å². The van der Waals surface area contributed by atoms with Gasteiger partial charge in [0.15, 0.2) is 6.61 Å². The molecule has 0 spiro atoms. The van der Waals surface area contributed by atoms with Crippen LogP contribution < -0.4 is 10.0 Å². The van der Waals surface area contributed by atoms with Gasteiger partial charge in [-0.25, -0.2) is 22.6 Å². The minimum atomic E-state index is -3.68. The van der Waals surface area contributed by atoms with Gasteiger partial charge >= 0.3 is 5.97 Å². The molecule has 1 amide bonds. The number of nitrogens with one attached hydrogen (secondary N) is 2. The van der Waals surface area contributed by atoms with Gasteiger partial charge in [-0.1, -0.05) is 6.07 Å². The molecule has 0 aliphatic rings. The highest BCUT2D eigenvalue weighted by molar-refractivity contribution is 7.89. The molecule has 9 nitrogen and oxygen atoms in total. The normalized spacial score (nSPS) is 11.4. The minimum absolute atomic E-state index is 0.0290. The number of esters is 1. The van der Waals surface area contributed by atoms with E-state index >= 15 is 0 Å². The van der Waals surface area contributed by atoms with Crippen molar-refractivity contribution in [2.75, 3.05) is 19.0 Å². The Labute approximate surface area is 151 Å². The van der Waals surface area contributed by atoms with E-state index in [-0.39, 0.29) is 16.5 Å². The van der Waals surface area contributed by atoms with Crippen LogP contribution in [0.4, 0.5) is 5.82 Å². The Morgan fingerprint density at radius 3 is 2.65 bits per heavy atom. The molecule has 140 valence electrons. The first-order valence-electron chi connectivity index (χ1n) is 7.78. The second-order valence-corrected chi connectivity index (χ2v) is 7.50. The lowest BCUT2D eigenvalue weighted by Gasteiger charge is -2.12. The Morgan fingerprint density at radius 1 is 1.27 bits per heavy atom. The second-order valence-electron chi connectivity index (χ2n) is 5.61. The summed E-state index contributed by atoms with van der Waals surface area (Å²) in [6.45, 7) is 3.31. The van der Waals surface area contributed by atoms with E-state index in [4.69, 9.17) is 4.74 Å². The number of carbonyl (C=O) groups excluding carboxylic acids is 2. The molecule has 1 heterocycles.